The number of anilines is 1. The van der Waals surface area contributed by atoms with E-state index in [9.17, 15) is 4.79 Å². The van der Waals surface area contributed by atoms with Crippen molar-refractivity contribution in [3.05, 3.63) is 16.7 Å². The Morgan fingerprint density at radius 3 is 2.78 bits per heavy atom. The number of nitrogens with zero attached hydrogens (tertiary/aromatic N) is 2. The number of methoxy groups -OCH3 is 1. The van der Waals surface area contributed by atoms with E-state index in [1.807, 2.05) is 11.4 Å². The summed E-state index contributed by atoms with van der Waals surface area (Å²) >= 11 is 7.64. The Morgan fingerprint density at radius 1 is 1.30 bits per heavy atom. The summed E-state index contributed by atoms with van der Waals surface area (Å²) in [6, 6.07) is 2.00. The van der Waals surface area contributed by atoms with E-state index in [0.29, 0.717) is 11.8 Å². The van der Waals surface area contributed by atoms with Crippen LogP contribution in [0.3, 0.4) is 0 Å². The third kappa shape index (κ3) is 2.58. The van der Waals surface area contributed by atoms with Crippen molar-refractivity contribution in [2.45, 2.75) is 31.7 Å². The lowest BCUT2D eigenvalue weighted by molar-refractivity contribution is -0.152. The van der Waals surface area contributed by atoms with Gasteiger partial charge in [-0.15, -0.1) is 11.3 Å². The van der Waals surface area contributed by atoms with Gasteiger partial charge >= 0.3 is 5.97 Å². The fourth-order valence-electron chi connectivity index (χ4n) is 4.22. The van der Waals surface area contributed by atoms with E-state index in [0.717, 1.165) is 41.7 Å². The minimum absolute atomic E-state index is 0.0613. The molecule has 0 saturated heterocycles. The van der Waals surface area contributed by atoms with Crippen LogP contribution in [0.15, 0.2) is 11.4 Å². The fourth-order valence-corrected chi connectivity index (χ4v) is 5.18. The molecule has 0 aliphatic heterocycles. The summed E-state index contributed by atoms with van der Waals surface area (Å²) in [5.41, 5.74) is 0.841. The first-order chi connectivity index (χ1) is 11.2. The van der Waals surface area contributed by atoms with Crippen LogP contribution in [0.5, 0.6) is 0 Å². The quantitative estimate of drug-likeness (QED) is 0.674. The van der Waals surface area contributed by atoms with Gasteiger partial charge in [-0.3, -0.25) is 4.79 Å². The third-order valence-corrected chi connectivity index (χ3v) is 6.35. The molecular formula is C16H18ClN3O2S. The first kappa shape index (κ1) is 15.1. The van der Waals surface area contributed by atoms with Crippen LogP contribution in [-0.4, -0.2) is 29.1 Å². The molecule has 2 heterocycles. The molecule has 1 N–H and O–H groups in total. The molecule has 5 rings (SSSR count). The Bertz CT molecular complexity index is 742. The molecule has 0 amide bonds. The van der Waals surface area contributed by atoms with Crippen molar-refractivity contribution in [3.8, 4) is 0 Å². The van der Waals surface area contributed by atoms with Gasteiger partial charge in [-0.1, -0.05) is 0 Å². The van der Waals surface area contributed by atoms with Crippen LogP contribution in [0.1, 0.15) is 25.7 Å². The van der Waals surface area contributed by atoms with Crippen molar-refractivity contribution in [1.82, 2.24) is 9.97 Å². The molecule has 2 aromatic rings. The Hall–Kier alpha value is -1.40. The van der Waals surface area contributed by atoms with E-state index in [1.165, 1.54) is 7.11 Å². The van der Waals surface area contributed by atoms with E-state index < -0.39 is 0 Å². The normalized spacial score (nSPS) is 29.7. The van der Waals surface area contributed by atoms with Crippen LogP contribution in [0.4, 0.5) is 5.82 Å². The molecule has 3 aliphatic carbocycles. The number of carbonyl (C=O) groups excluding carboxylic acids is 1. The molecule has 3 saturated carbocycles. The van der Waals surface area contributed by atoms with Crippen LogP contribution < -0.4 is 5.32 Å². The van der Waals surface area contributed by atoms with Crippen LogP contribution in [-0.2, 0) is 9.53 Å². The maximum Gasteiger partial charge on any atom is 0.311 e. The predicted molar refractivity (Wildman–Crippen MR) is 90.8 cm³/mol. The zero-order chi connectivity index (χ0) is 16.0. The number of thiophene rings is 1. The molecule has 122 valence electrons. The van der Waals surface area contributed by atoms with E-state index >= 15 is 0 Å². The number of esters is 1. The Labute approximate surface area is 143 Å². The molecule has 0 unspecified atom stereocenters. The topological polar surface area (TPSA) is 64.1 Å². The van der Waals surface area contributed by atoms with E-state index in [4.69, 9.17) is 16.3 Å². The van der Waals surface area contributed by atoms with Gasteiger partial charge in [-0.2, -0.15) is 4.98 Å². The number of carbonyl (C=O) groups is 1. The van der Waals surface area contributed by atoms with Gasteiger partial charge in [-0.05, 0) is 60.6 Å². The largest absolute Gasteiger partial charge is 0.469 e. The van der Waals surface area contributed by atoms with E-state index in [2.05, 4.69) is 15.3 Å². The van der Waals surface area contributed by atoms with Crippen molar-refractivity contribution >= 4 is 44.9 Å². The standard InChI is InChI=1S/C16H18ClN3O2S/c1-22-15(21)11-8-2-4-9(5-3-8)12(11)19-14-13-10(6-7-23-13)18-16(17)20-14/h6-9,11-12H,2-5H2,1H3,(H,18,19,20)/t8?,9?,11-,12-/m0/s1. The molecular weight excluding hydrogens is 334 g/mol. The van der Waals surface area contributed by atoms with Crippen molar-refractivity contribution in [2.75, 3.05) is 12.4 Å². The first-order valence-corrected chi connectivity index (χ1v) is 9.18. The SMILES string of the molecule is COC(=O)[C@H]1C2CCC(CC2)[C@@H]1Nc1nc(Cl)nc2ccsc12. The third-order valence-electron chi connectivity index (χ3n) is 5.27. The molecule has 5 nitrogen and oxygen atoms in total. The number of aromatic nitrogens is 2. The predicted octanol–water partition coefficient (Wildman–Crippen LogP) is 3.73. The smallest absolute Gasteiger partial charge is 0.311 e. The monoisotopic (exact) mass is 351 g/mol. The summed E-state index contributed by atoms with van der Waals surface area (Å²) in [6.07, 6.45) is 4.54. The zero-order valence-corrected chi connectivity index (χ0v) is 14.4. The average molecular weight is 352 g/mol. The van der Waals surface area contributed by atoms with Crippen molar-refractivity contribution in [2.24, 2.45) is 17.8 Å². The molecule has 2 atom stereocenters. The molecule has 0 aromatic carbocycles. The minimum Gasteiger partial charge on any atom is -0.469 e. The van der Waals surface area contributed by atoms with Crippen LogP contribution >= 0.6 is 22.9 Å². The van der Waals surface area contributed by atoms with Gasteiger partial charge in [0.15, 0.2) is 0 Å². The van der Waals surface area contributed by atoms with Gasteiger partial charge in [0.1, 0.15) is 5.82 Å². The van der Waals surface area contributed by atoms with Gasteiger partial charge in [0.05, 0.1) is 23.2 Å². The molecule has 0 radical (unpaired) electrons. The van der Waals surface area contributed by atoms with Crippen molar-refractivity contribution in [1.29, 1.82) is 0 Å². The zero-order valence-electron chi connectivity index (χ0n) is 12.8. The van der Waals surface area contributed by atoms with Gasteiger partial charge in [0.2, 0.25) is 5.28 Å². The molecule has 3 aliphatic rings. The first-order valence-electron chi connectivity index (χ1n) is 7.92. The highest BCUT2D eigenvalue weighted by Gasteiger charge is 2.48. The summed E-state index contributed by atoms with van der Waals surface area (Å²) in [7, 11) is 1.47. The second kappa shape index (κ2) is 5.91. The molecule has 7 heteroatoms. The lowest BCUT2D eigenvalue weighted by Gasteiger charge is -2.47. The average Bonchev–Trinajstić information content (AvgIpc) is 3.03. The molecule has 3 fully saturated rings. The highest BCUT2D eigenvalue weighted by Crippen LogP contribution is 2.47. The number of hydrogen-bond donors (Lipinski definition) is 1. The number of hydrogen-bond acceptors (Lipinski definition) is 6. The minimum atomic E-state index is -0.112. The number of halogens is 1. The molecule has 2 bridgehead atoms. The van der Waals surface area contributed by atoms with E-state index in [1.54, 1.807) is 11.3 Å². The summed E-state index contributed by atoms with van der Waals surface area (Å²) in [6.45, 7) is 0. The molecule has 0 spiro atoms. The fraction of sp³-hybridized carbons (Fsp3) is 0.562. The van der Waals surface area contributed by atoms with Gasteiger partial charge < -0.3 is 10.1 Å². The summed E-state index contributed by atoms with van der Waals surface area (Å²) < 4.78 is 6.06. The Balaban J connectivity index is 1.70. The second-order valence-corrected chi connectivity index (χ2v) is 7.62. The number of ether oxygens (including phenoxy) is 1. The second-order valence-electron chi connectivity index (χ2n) is 6.37. The maximum absolute atomic E-state index is 12.3. The molecule has 23 heavy (non-hydrogen) atoms. The van der Waals surface area contributed by atoms with Gasteiger partial charge in [0, 0.05) is 6.04 Å². The van der Waals surface area contributed by atoms with Crippen molar-refractivity contribution in [3.63, 3.8) is 0 Å². The highest BCUT2D eigenvalue weighted by atomic mass is 35.5. The lowest BCUT2D eigenvalue weighted by Crippen LogP contribution is -2.51. The summed E-state index contributed by atoms with van der Waals surface area (Å²) in [4.78, 5) is 20.9. The van der Waals surface area contributed by atoms with E-state index in [-0.39, 0.29) is 23.2 Å². The van der Waals surface area contributed by atoms with Gasteiger partial charge in [-0.25, -0.2) is 4.98 Å². The van der Waals surface area contributed by atoms with Crippen LogP contribution in [0.2, 0.25) is 5.28 Å². The Kier molecular flexibility index (Phi) is 3.89. The van der Waals surface area contributed by atoms with Crippen molar-refractivity contribution < 1.29 is 9.53 Å². The molecule has 2 aromatic heterocycles. The van der Waals surface area contributed by atoms with Crippen LogP contribution in [0.25, 0.3) is 10.2 Å². The van der Waals surface area contributed by atoms with Gasteiger partial charge in [0.25, 0.3) is 0 Å². The summed E-state index contributed by atoms with van der Waals surface area (Å²) in [5.74, 6) is 1.41. The summed E-state index contributed by atoms with van der Waals surface area (Å²) in [5, 5.41) is 5.73. The number of rotatable bonds is 3. The lowest BCUT2D eigenvalue weighted by atomic mass is 9.61. The highest BCUT2D eigenvalue weighted by molar-refractivity contribution is 7.17. The Morgan fingerprint density at radius 2 is 2.04 bits per heavy atom. The maximum atomic E-state index is 12.3. The number of nitrogens with one attached hydrogen (secondary N) is 1. The van der Waals surface area contributed by atoms with Crippen LogP contribution in [0, 0.1) is 17.8 Å². The number of fused-ring (bicyclic) bond motifs is 4.